The molecule has 100 valence electrons. The predicted molar refractivity (Wildman–Crippen MR) is 66.5 cm³/mol. The molecule has 0 unspecified atom stereocenters. The van der Waals surface area contributed by atoms with E-state index in [0.717, 1.165) is 0 Å². The van der Waals surface area contributed by atoms with Crippen LogP contribution in [0.25, 0.3) is 0 Å². The first-order chi connectivity index (χ1) is 8.58. The Morgan fingerprint density at radius 1 is 1.33 bits per heavy atom. The summed E-state index contributed by atoms with van der Waals surface area (Å²) in [5, 5.41) is 8.35. The van der Waals surface area contributed by atoms with Crippen molar-refractivity contribution in [3.63, 3.8) is 0 Å². The number of carbonyl (C=O) groups is 1. The maximum Gasteiger partial charge on any atom is 0.342 e. The van der Waals surface area contributed by atoms with E-state index in [0.29, 0.717) is 13.1 Å². The summed E-state index contributed by atoms with van der Waals surface area (Å²) in [6.45, 7) is 5.42. The van der Waals surface area contributed by atoms with E-state index in [1.807, 2.05) is 18.8 Å². The minimum absolute atomic E-state index is 0.00180. The van der Waals surface area contributed by atoms with Gasteiger partial charge in [-0.1, -0.05) is 0 Å². The minimum atomic E-state index is -0.662. The summed E-state index contributed by atoms with van der Waals surface area (Å²) in [4.78, 5) is 37.4. The van der Waals surface area contributed by atoms with Crippen LogP contribution in [0.5, 0.6) is 0 Å². The number of aromatic nitrogens is 3. The minimum Gasteiger partial charge on any atom is -0.364 e. The third kappa shape index (κ3) is 3.72. The number of anilines is 1. The van der Waals surface area contributed by atoms with E-state index in [1.54, 1.807) is 4.90 Å². The fourth-order valence-electron chi connectivity index (χ4n) is 1.49. The van der Waals surface area contributed by atoms with Gasteiger partial charge < -0.3 is 10.2 Å². The SMILES string of the molecule is CCN(CC)C(=O)CCNc1n[nH]c(=O)[nH]c1=O. The first kappa shape index (κ1) is 13.9. The smallest absolute Gasteiger partial charge is 0.342 e. The highest BCUT2D eigenvalue weighted by atomic mass is 16.2. The highest BCUT2D eigenvalue weighted by Gasteiger charge is 2.09. The Balaban J connectivity index is 2.49. The van der Waals surface area contributed by atoms with Crippen molar-refractivity contribution in [2.75, 3.05) is 25.0 Å². The quantitative estimate of drug-likeness (QED) is 0.612. The van der Waals surface area contributed by atoms with Gasteiger partial charge >= 0.3 is 5.69 Å². The molecule has 0 bridgehead atoms. The molecule has 0 aliphatic heterocycles. The number of nitrogens with one attached hydrogen (secondary N) is 3. The molecule has 0 atom stereocenters. The average Bonchev–Trinajstić information content (AvgIpc) is 2.33. The summed E-state index contributed by atoms with van der Waals surface area (Å²) >= 11 is 0. The van der Waals surface area contributed by atoms with Gasteiger partial charge in [-0.25, -0.2) is 9.89 Å². The Hall–Kier alpha value is -2.12. The monoisotopic (exact) mass is 255 g/mol. The largest absolute Gasteiger partial charge is 0.364 e. The lowest BCUT2D eigenvalue weighted by molar-refractivity contribution is -0.130. The molecule has 0 spiro atoms. The normalized spacial score (nSPS) is 10.1. The zero-order valence-corrected chi connectivity index (χ0v) is 10.4. The molecular weight excluding hydrogens is 238 g/mol. The number of carbonyl (C=O) groups excluding carboxylic acids is 1. The third-order valence-electron chi connectivity index (χ3n) is 2.46. The molecule has 0 aliphatic rings. The lowest BCUT2D eigenvalue weighted by Gasteiger charge is -2.18. The van der Waals surface area contributed by atoms with Crippen LogP contribution in [0.1, 0.15) is 20.3 Å². The molecule has 0 saturated heterocycles. The van der Waals surface area contributed by atoms with Crippen LogP contribution in [-0.2, 0) is 4.79 Å². The van der Waals surface area contributed by atoms with Gasteiger partial charge in [-0.15, -0.1) is 5.10 Å². The molecule has 1 heterocycles. The topological polar surface area (TPSA) is 111 Å². The van der Waals surface area contributed by atoms with Gasteiger partial charge in [-0.05, 0) is 13.8 Å². The van der Waals surface area contributed by atoms with Gasteiger partial charge in [0, 0.05) is 26.1 Å². The molecule has 1 amide bonds. The van der Waals surface area contributed by atoms with Gasteiger partial charge in [0.2, 0.25) is 11.7 Å². The highest BCUT2D eigenvalue weighted by Crippen LogP contribution is 1.95. The van der Waals surface area contributed by atoms with Crippen molar-refractivity contribution in [2.24, 2.45) is 0 Å². The Bertz CT molecular complexity index is 503. The summed E-state index contributed by atoms with van der Waals surface area (Å²) < 4.78 is 0. The Labute approximate surface area is 103 Å². The molecule has 0 aliphatic carbocycles. The molecule has 18 heavy (non-hydrogen) atoms. The molecule has 0 radical (unpaired) electrons. The first-order valence-electron chi connectivity index (χ1n) is 5.79. The van der Waals surface area contributed by atoms with Gasteiger partial charge in [0.15, 0.2) is 0 Å². The Morgan fingerprint density at radius 3 is 2.56 bits per heavy atom. The van der Waals surface area contributed by atoms with Crippen LogP contribution in [0.15, 0.2) is 9.59 Å². The van der Waals surface area contributed by atoms with Crippen LogP contribution in [0.2, 0.25) is 0 Å². The molecule has 0 aromatic carbocycles. The molecule has 0 saturated carbocycles. The van der Waals surface area contributed by atoms with Gasteiger partial charge in [-0.2, -0.15) is 0 Å². The summed E-state index contributed by atoms with van der Waals surface area (Å²) in [5.41, 5.74) is -1.26. The second kappa shape index (κ2) is 6.58. The summed E-state index contributed by atoms with van der Waals surface area (Å²) in [5.74, 6) is 0.00954. The van der Waals surface area contributed by atoms with Crippen molar-refractivity contribution in [3.8, 4) is 0 Å². The predicted octanol–water partition coefficient (Wildman–Crippen LogP) is -0.871. The molecule has 3 N–H and O–H groups in total. The number of amides is 1. The number of hydrogen-bond donors (Lipinski definition) is 3. The molecule has 1 aromatic rings. The molecule has 1 rings (SSSR count). The van der Waals surface area contributed by atoms with Crippen LogP contribution in [0.3, 0.4) is 0 Å². The lowest BCUT2D eigenvalue weighted by atomic mass is 10.3. The molecular formula is C10H17N5O3. The van der Waals surface area contributed by atoms with Gasteiger partial charge in [-0.3, -0.25) is 14.6 Å². The van der Waals surface area contributed by atoms with E-state index in [2.05, 4.69) is 15.5 Å². The first-order valence-corrected chi connectivity index (χ1v) is 5.79. The number of rotatable bonds is 6. The number of nitrogens with zero attached hydrogens (tertiary/aromatic N) is 2. The lowest BCUT2D eigenvalue weighted by Crippen LogP contribution is -2.32. The fourth-order valence-corrected chi connectivity index (χ4v) is 1.49. The van der Waals surface area contributed by atoms with E-state index in [1.165, 1.54) is 0 Å². The van der Waals surface area contributed by atoms with Crippen molar-refractivity contribution in [2.45, 2.75) is 20.3 Å². The number of hydrogen-bond acceptors (Lipinski definition) is 5. The molecule has 8 nitrogen and oxygen atoms in total. The highest BCUT2D eigenvalue weighted by molar-refractivity contribution is 5.76. The van der Waals surface area contributed by atoms with Crippen molar-refractivity contribution in [1.82, 2.24) is 20.1 Å². The maximum atomic E-state index is 11.7. The summed E-state index contributed by atoms with van der Waals surface area (Å²) in [6, 6.07) is 0. The van der Waals surface area contributed by atoms with Crippen LogP contribution in [0.4, 0.5) is 5.82 Å². The Morgan fingerprint density at radius 2 is 2.00 bits per heavy atom. The number of aromatic amines is 2. The second-order valence-electron chi connectivity index (χ2n) is 3.60. The van der Waals surface area contributed by atoms with Crippen LogP contribution < -0.4 is 16.6 Å². The van der Waals surface area contributed by atoms with Crippen LogP contribution >= 0.6 is 0 Å². The molecule has 8 heteroatoms. The van der Waals surface area contributed by atoms with E-state index in [-0.39, 0.29) is 24.7 Å². The summed E-state index contributed by atoms with van der Waals surface area (Å²) in [7, 11) is 0. The third-order valence-corrected chi connectivity index (χ3v) is 2.46. The maximum absolute atomic E-state index is 11.7. The molecule has 1 aromatic heterocycles. The zero-order chi connectivity index (χ0) is 13.5. The molecule has 0 fully saturated rings. The van der Waals surface area contributed by atoms with Gasteiger partial charge in [0.05, 0.1) is 0 Å². The van der Waals surface area contributed by atoms with Crippen molar-refractivity contribution in [3.05, 3.63) is 20.8 Å². The van der Waals surface area contributed by atoms with Crippen LogP contribution in [-0.4, -0.2) is 45.6 Å². The second-order valence-corrected chi connectivity index (χ2v) is 3.60. The van der Waals surface area contributed by atoms with Crippen molar-refractivity contribution >= 4 is 11.7 Å². The standard InChI is InChI=1S/C10H17N5O3/c1-3-15(4-2)7(16)5-6-11-8-9(17)12-10(18)14-13-8/h3-6H2,1-2H3,(H,11,13)(H2,12,14,17,18). The average molecular weight is 255 g/mol. The van der Waals surface area contributed by atoms with Gasteiger partial charge in [0.25, 0.3) is 5.56 Å². The van der Waals surface area contributed by atoms with E-state index in [4.69, 9.17) is 0 Å². The van der Waals surface area contributed by atoms with Gasteiger partial charge in [0.1, 0.15) is 0 Å². The van der Waals surface area contributed by atoms with Crippen LogP contribution in [0, 0.1) is 0 Å². The fraction of sp³-hybridized carbons (Fsp3) is 0.600. The zero-order valence-electron chi connectivity index (χ0n) is 10.4. The number of H-pyrrole nitrogens is 2. The van der Waals surface area contributed by atoms with E-state index < -0.39 is 11.2 Å². The van der Waals surface area contributed by atoms with Crippen molar-refractivity contribution < 1.29 is 4.79 Å². The van der Waals surface area contributed by atoms with E-state index in [9.17, 15) is 14.4 Å². The Kier molecular flexibility index (Phi) is 5.09. The summed E-state index contributed by atoms with van der Waals surface area (Å²) in [6.07, 6.45) is 0.266. The van der Waals surface area contributed by atoms with Crippen molar-refractivity contribution in [1.29, 1.82) is 0 Å². The van der Waals surface area contributed by atoms with E-state index >= 15 is 0 Å².